The van der Waals surface area contributed by atoms with E-state index in [4.69, 9.17) is 0 Å². The highest BCUT2D eigenvalue weighted by atomic mass is 32.1. The Morgan fingerprint density at radius 1 is 0.962 bits per heavy atom. The molecule has 1 heterocycles. The summed E-state index contributed by atoms with van der Waals surface area (Å²) in [6, 6.07) is 24.5. The fourth-order valence-electron chi connectivity index (χ4n) is 2.83. The van der Waals surface area contributed by atoms with Gasteiger partial charge in [-0.25, -0.2) is 0 Å². The Balaban J connectivity index is 1.41. The maximum atomic E-state index is 12.3. The van der Waals surface area contributed by atoms with E-state index in [0.29, 0.717) is 6.54 Å². The van der Waals surface area contributed by atoms with Crippen LogP contribution in [0.2, 0.25) is 0 Å². The Labute approximate surface area is 159 Å². The summed E-state index contributed by atoms with van der Waals surface area (Å²) in [6.45, 7) is 2.57. The van der Waals surface area contributed by atoms with Crippen molar-refractivity contribution < 1.29 is 4.79 Å². The van der Waals surface area contributed by atoms with Crippen LogP contribution in [-0.2, 0) is 6.54 Å². The van der Waals surface area contributed by atoms with E-state index in [-0.39, 0.29) is 5.91 Å². The lowest BCUT2D eigenvalue weighted by atomic mass is 10.2. The minimum atomic E-state index is 0.0166. The molecule has 0 atom stereocenters. The molecule has 26 heavy (non-hydrogen) atoms. The molecule has 2 aromatic carbocycles. The van der Waals surface area contributed by atoms with Crippen LogP contribution in [0.1, 0.15) is 21.7 Å². The molecule has 1 aromatic heterocycles. The fraction of sp³-hybridized carbons (Fsp3) is 0.227. The van der Waals surface area contributed by atoms with Crippen molar-refractivity contribution in [3.63, 3.8) is 0 Å². The first-order valence-electron chi connectivity index (χ1n) is 8.88. The number of thiophene rings is 1. The molecule has 4 heteroatoms. The molecule has 0 bridgehead atoms. The second-order valence-corrected chi connectivity index (χ2v) is 7.45. The van der Waals surface area contributed by atoms with Crippen LogP contribution < -0.4 is 5.32 Å². The molecular formula is C22H24N2OS. The van der Waals surface area contributed by atoms with Crippen molar-refractivity contribution in [1.29, 1.82) is 0 Å². The average Bonchev–Trinajstić information content (AvgIpc) is 3.17. The molecule has 0 fully saturated rings. The third-order valence-corrected chi connectivity index (χ3v) is 5.32. The maximum Gasteiger partial charge on any atom is 0.261 e. The lowest BCUT2D eigenvalue weighted by Crippen LogP contribution is -2.27. The van der Waals surface area contributed by atoms with Crippen LogP contribution in [0.4, 0.5) is 0 Å². The average molecular weight is 365 g/mol. The Morgan fingerprint density at radius 2 is 1.65 bits per heavy atom. The molecule has 0 spiro atoms. The van der Waals surface area contributed by atoms with Gasteiger partial charge in [0.15, 0.2) is 0 Å². The van der Waals surface area contributed by atoms with Gasteiger partial charge in [-0.2, -0.15) is 0 Å². The van der Waals surface area contributed by atoms with Crippen LogP contribution in [-0.4, -0.2) is 30.9 Å². The summed E-state index contributed by atoms with van der Waals surface area (Å²) in [5.41, 5.74) is 2.46. The van der Waals surface area contributed by atoms with Gasteiger partial charge in [0.05, 0.1) is 4.88 Å². The number of nitrogens with one attached hydrogen (secondary N) is 1. The minimum absolute atomic E-state index is 0.0166. The van der Waals surface area contributed by atoms with Gasteiger partial charge >= 0.3 is 0 Å². The number of carbonyl (C=O) groups excluding carboxylic acids is 1. The zero-order valence-corrected chi connectivity index (χ0v) is 15.8. The smallest absolute Gasteiger partial charge is 0.261 e. The van der Waals surface area contributed by atoms with Gasteiger partial charge in [0.25, 0.3) is 5.91 Å². The quantitative estimate of drug-likeness (QED) is 0.589. The molecule has 1 N–H and O–H groups in total. The van der Waals surface area contributed by atoms with Crippen molar-refractivity contribution in [3.05, 3.63) is 83.2 Å². The highest BCUT2D eigenvalue weighted by Gasteiger charge is 2.10. The van der Waals surface area contributed by atoms with E-state index in [1.807, 2.05) is 36.4 Å². The fourth-order valence-corrected chi connectivity index (χ4v) is 3.76. The molecule has 0 saturated heterocycles. The molecule has 0 aliphatic carbocycles. The van der Waals surface area contributed by atoms with E-state index >= 15 is 0 Å². The zero-order valence-electron chi connectivity index (χ0n) is 15.0. The summed E-state index contributed by atoms with van der Waals surface area (Å²) >= 11 is 1.54. The number of hydrogen-bond donors (Lipinski definition) is 1. The SMILES string of the molecule is CN(CCCNC(=O)c1ccc(-c2ccccc2)s1)Cc1ccccc1. The lowest BCUT2D eigenvalue weighted by molar-refractivity contribution is 0.0956. The number of hydrogen-bond acceptors (Lipinski definition) is 3. The Kier molecular flexibility index (Phi) is 6.58. The summed E-state index contributed by atoms with van der Waals surface area (Å²) in [5, 5.41) is 3.03. The number of benzene rings is 2. The van der Waals surface area contributed by atoms with Crippen molar-refractivity contribution in [2.75, 3.05) is 20.1 Å². The zero-order chi connectivity index (χ0) is 18.2. The Hall–Kier alpha value is -2.43. The highest BCUT2D eigenvalue weighted by molar-refractivity contribution is 7.17. The Morgan fingerprint density at radius 3 is 2.38 bits per heavy atom. The number of carbonyl (C=O) groups is 1. The van der Waals surface area contributed by atoms with Gasteiger partial charge in [-0.3, -0.25) is 4.79 Å². The summed E-state index contributed by atoms with van der Waals surface area (Å²) < 4.78 is 0. The van der Waals surface area contributed by atoms with Gasteiger partial charge in [-0.1, -0.05) is 60.7 Å². The predicted molar refractivity (Wildman–Crippen MR) is 109 cm³/mol. The number of nitrogens with zero attached hydrogens (tertiary/aromatic N) is 1. The van der Waals surface area contributed by atoms with E-state index in [0.717, 1.165) is 34.8 Å². The normalized spacial score (nSPS) is 10.8. The van der Waals surface area contributed by atoms with Crippen LogP contribution in [0.5, 0.6) is 0 Å². The van der Waals surface area contributed by atoms with Crippen LogP contribution in [0.25, 0.3) is 10.4 Å². The first-order valence-corrected chi connectivity index (χ1v) is 9.70. The maximum absolute atomic E-state index is 12.3. The molecule has 0 unspecified atom stereocenters. The Bertz CT molecular complexity index is 814. The van der Waals surface area contributed by atoms with E-state index in [2.05, 4.69) is 53.7 Å². The van der Waals surface area contributed by atoms with Crippen LogP contribution in [0.15, 0.2) is 72.8 Å². The second kappa shape index (κ2) is 9.32. The summed E-state index contributed by atoms with van der Waals surface area (Å²) in [6.07, 6.45) is 0.936. The topological polar surface area (TPSA) is 32.3 Å². The van der Waals surface area contributed by atoms with Crippen LogP contribution in [0, 0.1) is 0 Å². The summed E-state index contributed by atoms with van der Waals surface area (Å²) in [4.78, 5) is 16.5. The minimum Gasteiger partial charge on any atom is -0.351 e. The van der Waals surface area contributed by atoms with Gasteiger partial charge in [-0.15, -0.1) is 11.3 Å². The highest BCUT2D eigenvalue weighted by Crippen LogP contribution is 2.27. The van der Waals surface area contributed by atoms with Crippen molar-refractivity contribution >= 4 is 17.2 Å². The first kappa shape index (κ1) is 18.4. The second-order valence-electron chi connectivity index (χ2n) is 6.36. The molecule has 134 valence electrons. The van der Waals surface area contributed by atoms with E-state index in [1.165, 1.54) is 16.9 Å². The molecule has 0 saturated carbocycles. The van der Waals surface area contributed by atoms with Gasteiger partial charge in [-0.05, 0) is 43.3 Å². The number of amides is 1. The standard InChI is InChI=1S/C22H24N2OS/c1-24(17-18-9-4-2-5-10-18)16-8-15-23-22(25)21-14-13-20(26-21)19-11-6-3-7-12-19/h2-7,9-14H,8,15-17H2,1H3,(H,23,25). The molecule has 3 aromatic rings. The molecule has 1 amide bonds. The molecular weight excluding hydrogens is 340 g/mol. The van der Waals surface area contributed by atoms with Crippen LogP contribution in [0.3, 0.4) is 0 Å². The van der Waals surface area contributed by atoms with Crippen molar-refractivity contribution in [2.45, 2.75) is 13.0 Å². The van der Waals surface area contributed by atoms with E-state index < -0.39 is 0 Å². The van der Waals surface area contributed by atoms with Gasteiger partial charge in [0.1, 0.15) is 0 Å². The van der Waals surface area contributed by atoms with Crippen molar-refractivity contribution in [3.8, 4) is 10.4 Å². The van der Waals surface area contributed by atoms with Crippen LogP contribution >= 0.6 is 11.3 Å². The van der Waals surface area contributed by atoms with E-state index in [9.17, 15) is 4.79 Å². The van der Waals surface area contributed by atoms with E-state index in [1.54, 1.807) is 0 Å². The molecule has 3 rings (SSSR count). The number of rotatable bonds is 8. The summed E-state index contributed by atoms with van der Waals surface area (Å²) in [7, 11) is 2.11. The van der Waals surface area contributed by atoms with Crippen molar-refractivity contribution in [1.82, 2.24) is 10.2 Å². The lowest BCUT2D eigenvalue weighted by Gasteiger charge is -2.16. The van der Waals surface area contributed by atoms with Gasteiger partial charge < -0.3 is 10.2 Å². The monoisotopic (exact) mass is 364 g/mol. The largest absolute Gasteiger partial charge is 0.351 e. The van der Waals surface area contributed by atoms with Gasteiger partial charge in [0.2, 0.25) is 0 Å². The predicted octanol–water partition coefficient (Wildman–Crippen LogP) is 4.67. The molecule has 0 aliphatic heterocycles. The summed E-state index contributed by atoms with van der Waals surface area (Å²) in [5.74, 6) is 0.0166. The third kappa shape index (κ3) is 5.28. The first-order chi connectivity index (χ1) is 12.7. The molecule has 0 aliphatic rings. The van der Waals surface area contributed by atoms with Gasteiger partial charge in [0, 0.05) is 18.0 Å². The molecule has 0 radical (unpaired) electrons. The van der Waals surface area contributed by atoms with Crippen molar-refractivity contribution in [2.24, 2.45) is 0 Å². The third-order valence-electron chi connectivity index (χ3n) is 4.19. The molecule has 3 nitrogen and oxygen atoms in total.